The first kappa shape index (κ1) is 17.8. The number of pyridine rings is 2. The van der Waals surface area contributed by atoms with Crippen molar-refractivity contribution in [1.29, 1.82) is 0 Å². The molecule has 1 aromatic carbocycles. The van der Waals surface area contributed by atoms with E-state index in [0.29, 0.717) is 18.8 Å². The molecule has 1 amide bonds. The smallest absolute Gasteiger partial charge is 0.300 e. The van der Waals surface area contributed by atoms with Gasteiger partial charge >= 0.3 is 0 Å². The van der Waals surface area contributed by atoms with Crippen molar-refractivity contribution in [2.75, 3.05) is 18.4 Å². The van der Waals surface area contributed by atoms with Crippen LogP contribution in [0.2, 0.25) is 0 Å². The van der Waals surface area contributed by atoms with E-state index in [1.165, 1.54) is 0 Å². The summed E-state index contributed by atoms with van der Waals surface area (Å²) in [6.07, 6.45) is 5.97. The van der Waals surface area contributed by atoms with Crippen molar-refractivity contribution in [3.8, 4) is 0 Å². The number of hydrogen-bond acceptors (Lipinski definition) is 4. The molecule has 0 saturated carbocycles. The second-order valence-corrected chi connectivity index (χ2v) is 7.44. The Balaban J connectivity index is 1.48. The van der Waals surface area contributed by atoms with E-state index in [0.717, 1.165) is 40.8 Å². The summed E-state index contributed by atoms with van der Waals surface area (Å²) in [6.45, 7) is 2.15. The van der Waals surface area contributed by atoms with Crippen LogP contribution in [0.5, 0.6) is 0 Å². The maximum Gasteiger partial charge on any atom is 0.300 e. The number of aromatic amines is 1. The summed E-state index contributed by atoms with van der Waals surface area (Å²) in [5.41, 5.74) is 2.09. The Kier molecular flexibility index (Phi) is 4.46. The van der Waals surface area contributed by atoms with E-state index in [4.69, 9.17) is 0 Å². The Hall–Kier alpha value is -3.29. The van der Waals surface area contributed by atoms with Crippen molar-refractivity contribution in [1.82, 2.24) is 14.9 Å². The molecule has 0 spiro atoms. The highest BCUT2D eigenvalue weighted by molar-refractivity contribution is 6.10. The molecule has 1 aliphatic heterocycles. The van der Waals surface area contributed by atoms with Crippen LogP contribution in [-0.2, 0) is 6.54 Å². The molecule has 7 nitrogen and oxygen atoms in total. The summed E-state index contributed by atoms with van der Waals surface area (Å²) in [7, 11) is 0. The van der Waals surface area contributed by atoms with E-state index in [-0.39, 0.29) is 12.0 Å². The van der Waals surface area contributed by atoms with Gasteiger partial charge in [-0.2, -0.15) is 4.40 Å². The van der Waals surface area contributed by atoms with Crippen molar-refractivity contribution in [2.45, 2.75) is 19.1 Å². The predicted octanol–water partition coefficient (Wildman–Crippen LogP) is 2.12. The van der Waals surface area contributed by atoms with Gasteiger partial charge in [-0.15, -0.1) is 0 Å². The number of rotatable bonds is 4. The molecule has 3 aromatic heterocycles. The Labute approximate surface area is 167 Å². The van der Waals surface area contributed by atoms with E-state index in [2.05, 4.69) is 20.2 Å². The largest absolute Gasteiger partial charge is 0.392 e. The third kappa shape index (κ3) is 3.35. The summed E-state index contributed by atoms with van der Waals surface area (Å²) in [5, 5.41) is 14.8. The van der Waals surface area contributed by atoms with E-state index in [1.54, 1.807) is 12.4 Å². The summed E-state index contributed by atoms with van der Waals surface area (Å²) in [4.78, 5) is 22.8. The highest BCUT2D eigenvalue weighted by Gasteiger charge is 2.28. The first-order valence-corrected chi connectivity index (χ1v) is 9.75. The fourth-order valence-electron chi connectivity index (χ4n) is 4.02. The Bertz CT molecular complexity index is 1200. The van der Waals surface area contributed by atoms with Crippen molar-refractivity contribution in [3.63, 3.8) is 0 Å². The molecular formula is C22H22N5O2+. The number of aliphatic hydroxyl groups is 1. The second-order valence-electron chi connectivity index (χ2n) is 7.44. The summed E-state index contributed by atoms with van der Waals surface area (Å²) in [5.74, 6) is 0.729. The molecule has 1 unspecified atom stereocenters. The van der Waals surface area contributed by atoms with Gasteiger partial charge in [-0.3, -0.25) is 14.7 Å². The van der Waals surface area contributed by atoms with E-state index < -0.39 is 0 Å². The molecule has 4 heterocycles. The maximum absolute atomic E-state index is 13.1. The number of anilines is 1. The quantitative estimate of drug-likeness (QED) is 0.468. The minimum absolute atomic E-state index is 0.189. The standard InChI is InChI=1S/C22H21N5O2/c28-16-8-11-26(13-16)14-20-25-21(19-6-1-2-10-27(19)20)22(29)24-18-5-3-4-15-12-23-9-7-17(15)18/h1-7,9-10,12,16,28H,8,11,13-14H2,(H,24,29)/p+1. The molecule has 3 N–H and O–H groups in total. The number of carbonyl (C=O) groups is 1. The van der Waals surface area contributed by atoms with Gasteiger partial charge < -0.3 is 10.4 Å². The number of aromatic nitrogens is 3. The van der Waals surface area contributed by atoms with Crippen molar-refractivity contribution in [2.24, 2.45) is 0 Å². The number of H-pyrrole nitrogens is 1. The minimum Gasteiger partial charge on any atom is -0.392 e. The number of benzene rings is 1. The first-order valence-electron chi connectivity index (χ1n) is 9.75. The second kappa shape index (κ2) is 7.27. The van der Waals surface area contributed by atoms with Gasteiger partial charge in [0, 0.05) is 41.9 Å². The lowest BCUT2D eigenvalue weighted by atomic mass is 10.1. The molecular weight excluding hydrogens is 366 g/mol. The number of amides is 1. The van der Waals surface area contributed by atoms with Gasteiger partial charge in [0.15, 0.2) is 5.52 Å². The van der Waals surface area contributed by atoms with E-state index >= 15 is 0 Å². The van der Waals surface area contributed by atoms with E-state index in [9.17, 15) is 9.90 Å². The molecule has 1 saturated heterocycles. The molecule has 146 valence electrons. The fourth-order valence-corrected chi connectivity index (χ4v) is 4.02. The number of aliphatic hydroxyl groups excluding tert-OH is 1. The van der Waals surface area contributed by atoms with Crippen LogP contribution in [0, 0.1) is 0 Å². The molecule has 5 rings (SSSR count). The van der Waals surface area contributed by atoms with Crippen molar-refractivity contribution in [3.05, 3.63) is 72.6 Å². The number of β-amino-alcohol motifs (C(OH)–C–C–N with tert-alkyl or cyclic N) is 1. The number of nitrogens with zero attached hydrogens (tertiary/aromatic N) is 3. The zero-order valence-electron chi connectivity index (χ0n) is 15.9. The summed E-state index contributed by atoms with van der Waals surface area (Å²) in [6, 6.07) is 13.5. The number of likely N-dealkylation sites (tertiary alicyclic amines) is 1. The SMILES string of the molecule is O=C(Nc1cccc2cnccc12)c1[nH]c(CN2CCC(O)C2)[n+]2ccccc12. The predicted molar refractivity (Wildman–Crippen MR) is 110 cm³/mol. The van der Waals surface area contributed by atoms with Gasteiger partial charge in [-0.05, 0) is 30.7 Å². The number of imidazole rings is 1. The Morgan fingerprint density at radius 3 is 3.07 bits per heavy atom. The van der Waals surface area contributed by atoms with Crippen LogP contribution in [-0.4, -0.2) is 45.1 Å². The highest BCUT2D eigenvalue weighted by Crippen LogP contribution is 2.23. The number of hydrogen-bond donors (Lipinski definition) is 3. The van der Waals surface area contributed by atoms with Gasteiger partial charge in [-0.25, -0.2) is 4.98 Å². The molecule has 0 radical (unpaired) electrons. The Morgan fingerprint density at radius 1 is 1.28 bits per heavy atom. The van der Waals surface area contributed by atoms with Crippen LogP contribution < -0.4 is 9.72 Å². The number of nitrogens with one attached hydrogen (secondary N) is 2. The lowest BCUT2D eigenvalue weighted by Gasteiger charge is -2.10. The zero-order valence-corrected chi connectivity index (χ0v) is 15.9. The van der Waals surface area contributed by atoms with Crippen LogP contribution in [0.25, 0.3) is 16.3 Å². The summed E-state index contributed by atoms with van der Waals surface area (Å²) >= 11 is 0. The van der Waals surface area contributed by atoms with Gasteiger partial charge in [0.2, 0.25) is 5.69 Å². The van der Waals surface area contributed by atoms with Crippen LogP contribution in [0.3, 0.4) is 0 Å². The topological polar surface area (TPSA) is 85.3 Å². The highest BCUT2D eigenvalue weighted by atomic mass is 16.3. The van der Waals surface area contributed by atoms with Gasteiger partial charge in [0.1, 0.15) is 6.54 Å². The monoisotopic (exact) mass is 388 g/mol. The molecule has 1 aliphatic rings. The van der Waals surface area contributed by atoms with Crippen molar-refractivity contribution < 1.29 is 14.3 Å². The summed E-state index contributed by atoms with van der Waals surface area (Å²) < 4.78 is 2.01. The minimum atomic E-state index is -0.273. The third-order valence-electron chi connectivity index (χ3n) is 5.45. The van der Waals surface area contributed by atoms with Gasteiger partial charge in [0.25, 0.3) is 11.7 Å². The normalized spacial score (nSPS) is 17.2. The molecule has 1 atom stereocenters. The van der Waals surface area contributed by atoms with Gasteiger partial charge in [-0.1, -0.05) is 18.2 Å². The lowest BCUT2D eigenvalue weighted by Crippen LogP contribution is -2.31. The third-order valence-corrected chi connectivity index (χ3v) is 5.45. The maximum atomic E-state index is 13.1. The van der Waals surface area contributed by atoms with Crippen LogP contribution in [0.4, 0.5) is 5.69 Å². The zero-order chi connectivity index (χ0) is 19.8. The molecule has 7 heteroatoms. The average molecular weight is 388 g/mol. The first-order chi connectivity index (χ1) is 14.2. The molecule has 4 aromatic rings. The van der Waals surface area contributed by atoms with Crippen LogP contribution in [0.1, 0.15) is 22.7 Å². The van der Waals surface area contributed by atoms with Crippen LogP contribution in [0.15, 0.2) is 61.1 Å². The van der Waals surface area contributed by atoms with Gasteiger partial charge in [0.05, 0.1) is 12.3 Å². The van der Waals surface area contributed by atoms with Crippen molar-refractivity contribution >= 4 is 27.9 Å². The lowest BCUT2D eigenvalue weighted by molar-refractivity contribution is -0.522. The molecule has 0 bridgehead atoms. The molecule has 1 fully saturated rings. The fraction of sp³-hybridized carbons (Fsp3) is 0.227. The average Bonchev–Trinajstić information content (AvgIpc) is 3.32. The molecule has 29 heavy (non-hydrogen) atoms. The Morgan fingerprint density at radius 2 is 2.21 bits per heavy atom. The molecule has 0 aliphatic carbocycles. The van der Waals surface area contributed by atoms with E-state index in [1.807, 2.05) is 53.1 Å². The number of carbonyl (C=O) groups excluding carboxylic acids is 1. The number of fused-ring (bicyclic) bond motifs is 2. The van der Waals surface area contributed by atoms with Crippen LogP contribution >= 0.6 is 0 Å².